The topological polar surface area (TPSA) is 35.5 Å². The molecule has 0 N–H and O–H groups in total. The Hall–Kier alpha value is -2.23. The van der Waals surface area contributed by atoms with Crippen LogP contribution in [-0.2, 0) is 14.3 Å². The third-order valence-electron chi connectivity index (χ3n) is 7.68. The van der Waals surface area contributed by atoms with Crippen molar-refractivity contribution in [3.63, 3.8) is 0 Å². The van der Waals surface area contributed by atoms with E-state index in [4.69, 9.17) is 9.47 Å². The summed E-state index contributed by atoms with van der Waals surface area (Å²) >= 11 is 0. The molecular weight excluding hydrogens is 372 g/mol. The number of allylic oxidation sites excluding steroid dienone is 1. The first-order chi connectivity index (χ1) is 14.5. The number of carbonyl (C=O) groups excluding carboxylic acids is 1. The second-order valence-electron chi connectivity index (χ2n) is 9.66. The van der Waals surface area contributed by atoms with Gasteiger partial charge in [-0.2, -0.15) is 0 Å². The van der Waals surface area contributed by atoms with Gasteiger partial charge in [0.15, 0.2) is 11.6 Å². The Balaban J connectivity index is 1.64. The summed E-state index contributed by atoms with van der Waals surface area (Å²) in [5.41, 5.74) is 1.94. The standard InChI is InChI=1S/C27H30O3/c1-25(2)16-9-17-27(26(25)18-14-22(28)15-19-26)29-23(20-10-5-3-6-11-20)24(30-27)21-12-7-4-8-13-21/h3-8,10-14,18,23-24H,9,15-17,19H2,1-2H3/t23-,24-,26+/m1/s1. The molecule has 2 aromatic rings. The van der Waals surface area contributed by atoms with Crippen LogP contribution < -0.4 is 0 Å². The van der Waals surface area contributed by atoms with E-state index in [2.05, 4.69) is 68.5 Å². The van der Waals surface area contributed by atoms with Gasteiger partial charge in [0.25, 0.3) is 0 Å². The molecule has 5 rings (SSSR count). The number of fused-ring (bicyclic) bond motifs is 1. The predicted octanol–water partition coefficient (Wildman–Crippen LogP) is 6.33. The summed E-state index contributed by atoms with van der Waals surface area (Å²) in [6.45, 7) is 4.63. The Kier molecular flexibility index (Phi) is 4.72. The van der Waals surface area contributed by atoms with Crippen LogP contribution in [0.1, 0.15) is 69.3 Å². The third-order valence-corrected chi connectivity index (χ3v) is 7.68. The van der Waals surface area contributed by atoms with E-state index in [0.717, 1.165) is 36.8 Å². The van der Waals surface area contributed by atoms with Crippen LogP contribution in [0, 0.1) is 10.8 Å². The second-order valence-corrected chi connectivity index (χ2v) is 9.66. The molecule has 0 radical (unpaired) electrons. The molecule has 30 heavy (non-hydrogen) atoms. The smallest absolute Gasteiger partial charge is 0.179 e. The van der Waals surface area contributed by atoms with E-state index < -0.39 is 5.79 Å². The van der Waals surface area contributed by atoms with Gasteiger partial charge in [-0.05, 0) is 41.9 Å². The highest BCUT2D eigenvalue weighted by molar-refractivity contribution is 5.90. The van der Waals surface area contributed by atoms with E-state index in [0.29, 0.717) is 6.42 Å². The number of rotatable bonds is 2. The number of hydrogen-bond donors (Lipinski definition) is 0. The molecular formula is C27H30O3. The van der Waals surface area contributed by atoms with Crippen molar-refractivity contribution in [1.29, 1.82) is 0 Å². The van der Waals surface area contributed by atoms with E-state index in [1.807, 2.05) is 12.1 Å². The van der Waals surface area contributed by atoms with Crippen molar-refractivity contribution in [2.24, 2.45) is 10.8 Å². The maximum absolute atomic E-state index is 12.1. The Morgan fingerprint density at radius 1 is 0.800 bits per heavy atom. The fraction of sp³-hybridized carbons (Fsp3) is 0.444. The Labute approximate surface area is 179 Å². The van der Waals surface area contributed by atoms with Gasteiger partial charge in [-0.25, -0.2) is 0 Å². The minimum Gasteiger partial charge on any atom is -0.338 e. The van der Waals surface area contributed by atoms with Crippen molar-refractivity contribution in [3.05, 3.63) is 83.9 Å². The van der Waals surface area contributed by atoms with Crippen LogP contribution in [-0.4, -0.2) is 11.6 Å². The SMILES string of the molecule is CC1(C)CCCC2(O[C@H](c3ccccc3)[C@@H](c3ccccc3)O2)[C@]12C=CC(=O)CC2. The average Bonchev–Trinajstić information content (AvgIpc) is 3.15. The Morgan fingerprint density at radius 2 is 1.37 bits per heavy atom. The highest BCUT2D eigenvalue weighted by atomic mass is 16.8. The minimum absolute atomic E-state index is 0.0186. The zero-order valence-electron chi connectivity index (χ0n) is 17.8. The lowest BCUT2D eigenvalue weighted by Gasteiger charge is -2.58. The van der Waals surface area contributed by atoms with Gasteiger partial charge in [-0.3, -0.25) is 4.79 Å². The van der Waals surface area contributed by atoms with E-state index >= 15 is 0 Å². The van der Waals surface area contributed by atoms with Crippen LogP contribution in [0.2, 0.25) is 0 Å². The number of ketones is 1. The fourth-order valence-corrected chi connectivity index (χ4v) is 5.99. The lowest BCUT2D eigenvalue weighted by Crippen LogP contribution is -2.59. The van der Waals surface area contributed by atoms with Gasteiger partial charge < -0.3 is 9.47 Å². The largest absolute Gasteiger partial charge is 0.338 e. The molecule has 1 heterocycles. The van der Waals surface area contributed by atoms with Crippen molar-refractivity contribution in [2.75, 3.05) is 0 Å². The first-order valence-corrected chi connectivity index (χ1v) is 11.1. The molecule has 1 aliphatic heterocycles. The zero-order valence-corrected chi connectivity index (χ0v) is 17.8. The van der Waals surface area contributed by atoms with Crippen molar-refractivity contribution in [2.45, 2.75) is 63.9 Å². The van der Waals surface area contributed by atoms with Crippen molar-refractivity contribution < 1.29 is 14.3 Å². The molecule has 2 aromatic carbocycles. The molecule has 0 aromatic heterocycles. The van der Waals surface area contributed by atoms with Gasteiger partial charge in [-0.15, -0.1) is 0 Å². The highest BCUT2D eigenvalue weighted by Crippen LogP contribution is 2.67. The van der Waals surface area contributed by atoms with Crippen molar-refractivity contribution in [3.8, 4) is 0 Å². The number of ether oxygens (including phenoxy) is 2. The molecule has 3 aliphatic rings. The average molecular weight is 403 g/mol. The monoisotopic (exact) mass is 402 g/mol. The fourth-order valence-electron chi connectivity index (χ4n) is 5.99. The minimum atomic E-state index is -0.729. The predicted molar refractivity (Wildman–Crippen MR) is 117 cm³/mol. The summed E-state index contributed by atoms with van der Waals surface area (Å²) in [6, 6.07) is 20.8. The van der Waals surface area contributed by atoms with Gasteiger partial charge in [0.2, 0.25) is 0 Å². The second kappa shape index (κ2) is 7.18. The third kappa shape index (κ3) is 2.91. The van der Waals surface area contributed by atoms with Crippen LogP contribution in [0.4, 0.5) is 0 Å². The molecule has 2 spiro atoms. The summed E-state index contributed by atoms with van der Waals surface area (Å²) in [7, 11) is 0. The highest BCUT2D eigenvalue weighted by Gasteiger charge is 2.66. The lowest BCUT2D eigenvalue weighted by atomic mass is 9.51. The van der Waals surface area contributed by atoms with Gasteiger partial charge in [0, 0.05) is 18.3 Å². The normalized spacial score (nSPS) is 32.0. The molecule has 1 saturated heterocycles. The van der Waals surface area contributed by atoms with E-state index in [1.165, 1.54) is 0 Å². The molecule has 2 fully saturated rings. The summed E-state index contributed by atoms with van der Waals surface area (Å²) in [4.78, 5) is 12.1. The lowest BCUT2D eigenvalue weighted by molar-refractivity contribution is -0.288. The molecule has 3 atom stereocenters. The summed E-state index contributed by atoms with van der Waals surface area (Å²) in [5.74, 6) is -0.526. The van der Waals surface area contributed by atoms with Gasteiger partial charge >= 0.3 is 0 Å². The maximum Gasteiger partial charge on any atom is 0.179 e. The van der Waals surface area contributed by atoms with Crippen LogP contribution in [0.15, 0.2) is 72.8 Å². The first-order valence-electron chi connectivity index (χ1n) is 11.1. The molecule has 0 amide bonds. The molecule has 3 heteroatoms. The quantitative estimate of drug-likeness (QED) is 0.589. The van der Waals surface area contributed by atoms with Crippen molar-refractivity contribution in [1.82, 2.24) is 0 Å². The summed E-state index contributed by atoms with van der Waals surface area (Å²) < 4.78 is 14.0. The summed E-state index contributed by atoms with van der Waals surface area (Å²) in [5, 5.41) is 0. The first kappa shape index (κ1) is 19.7. The number of benzene rings is 2. The molecule has 0 unspecified atom stereocenters. The molecule has 156 valence electrons. The Bertz CT molecular complexity index is 899. The number of carbonyl (C=O) groups is 1. The molecule has 0 bridgehead atoms. The van der Waals surface area contributed by atoms with Crippen LogP contribution in [0.25, 0.3) is 0 Å². The summed E-state index contributed by atoms with van der Waals surface area (Å²) in [6.07, 6.45) is 7.90. The zero-order chi connectivity index (χ0) is 20.8. The van der Waals surface area contributed by atoms with E-state index in [1.54, 1.807) is 6.08 Å². The molecule has 3 nitrogen and oxygen atoms in total. The molecule has 1 saturated carbocycles. The maximum atomic E-state index is 12.1. The number of hydrogen-bond acceptors (Lipinski definition) is 3. The van der Waals surface area contributed by atoms with Crippen LogP contribution >= 0.6 is 0 Å². The van der Waals surface area contributed by atoms with E-state index in [-0.39, 0.29) is 28.8 Å². The molecule has 2 aliphatic carbocycles. The van der Waals surface area contributed by atoms with Gasteiger partial charge in [0.1, 0.15) is 12.2 Å². The van der Waals surface area contributed by atoms with Crippen LogP contribution in [0.5, 0.6) is 0 Å². The Morgan fingerprint density at radius 3 is 1.87 bits per heavy atom. The van der Waals surface area contributed by atoms with Gasteiger partial charge in [0.05, 0.1) is 0 Å². The van der Waals surface area contributed by atoms with Crippen molar-refractivity contribution >= 4 is 5.78 Å². The van der Waals surface area contributed by atoms with Gasteiger partial charge in [-0.1, -0.05) is 80.6 Å². The van der Waals surface area contributed by atoms with E-state index in [9.17, 15) is 4.79 Å². The van der Waals surface area contributed by atoms with Crippen LogP contribution in [0.3, 0.4) is 0 Å².